The number of aliphatic hydroxyl groups is 1. The molecule has 0 aromatic heterocycles. The van der Waals surface area contributed by atoms with Crippen LogP contribution in [0.25, 0.3) is 0 Å². The van der Waals surface area contributed by atoms with Gasteiger partial charge in [0.15, 0.2) is 12.2 Å². The second-order valence-corrected chi connectivity index (χ2v) is 32.3. The van der Waals surface area contributed by atoms with E-state index in [0.717, 1.165) is 114 Å². The first-order valence-corrected chi connectivity index (χ1v) is 42.7. The van der Waals surface area contributed by atoms with E-state index in [9.17, 15) is 43.2 Å². The molecule has 96 heavy (non-hydrogen) atoms. The molecule has 6 atom stereocenters. The summed E-state index contributed by atoms with van der Waals surface area (Å²) in [6.45, 7) is 14.1. The normalized spacial score (nSPS) is 14.4. The molecule has 0 heterocycles. The van der Waals surface area contributed by atoms with Gasteiger partial charge in [-0.1, -0.05) is 338 Å². The summed E-state index contributed by atoms with van der Waals surface area (Å²) in [6.07, 6.45) is 51.7. The minimum atomic E-state index is -4.96. The number of phosphoric acid groups is 2. The molecule has 17 nitrogen and oxygen atoms in total. The number of hydrogen-bond acceptors (Lipinski definition) is 15. The third-order valence-corrected chi connectivity index (χ3v) is 20.1. The van der Waals surface area contributed by atoms with Gasteiger partial charge >= 0.3 is 39.5 Å². The van der Waals surface area contributed by atoms with Crippen molar-refractivity contribution in [2.45, 2.75) is 408 Å². The van der Waals surface area contributed by atoms with E-state index in [1.165, 1.54) is 186 Å². The summed E-state index contributed by atoms with van der Waals surface area (Å²) >= 11 is 0. The van der Waals surface area contributed by atoms with E-state index in [-0.39, 0.29) is 25.7 Å². The molecule has 0 aromatic rings. The van der Waals surface area contributed by atoms with Gasteiger partial charge in [0, 0.05) is 25.7 Å². The molecule has 0 rings (SSSR count). The molecule has 0 aliphatic heterocycles. The molecule has 0 aliphatic carbocycles. The number of esters is 4. The molecule has 0 aliphatic rings. The molecule has 0 aromatic carbocycles. The molecule has 0 fully saturated rings. The van der Waals surface area contributed by atoms with Crippen LogP contribution in [0.2, 0.25) is 0 Å². The lowest BCUT2D eigenvalue weighted by Crippen LogP contribution is -2.30. The van der Waals surface area contributed by atoms with E-state index in [1.54, 1.807) is 0 Å². The molecule has 0 saturated heterocycles. The van der Waals surface area contributed by atoms with Crippen LogP contribution in [-0.2, 0) is 65.4 Å². The van der Waals surface area contributed by atoms with Crippen molar-refractivity contribution < 1.29 is 80.2 Å². The summed E-state index contributed by atoms with van der Waals surface area (Å²) in [5.41, 5.74) is 0. The van der Waals surface area contributed by atoms with Gasteiger partial charge in [-0.25, -0.2) is 9.13 Å². The van der Waals surface area contributed by atoms with E-state index in [0.29, 0.717) is 31.6 Å². The van der Waals surface area contributed by atoms with Crippen molar-refractivity contribution in [2.24, 2.45) is 23.7 Å². The lowest BCUT2D eigenvalue weighted by molar-refractivity contribution is -0.161. The minimum Gasteiger partial charge on any atom is -0.462 e. The molecule has 0 saturated carbocycles. The van der Waals surface area contributed by atoms with E-state index in [2.05, 4.69) is 55.4 Å². The molecule has 3 N–H and O–H groups in total. The van der Waals surface area contributed by atoms with Crippen LogP contribution in [0.3, 0.4) is 0 Å². The first kappa shape index (κ1) is 94.1. The number of rotatable bonds is 74. The Morgan fingerprint density at radius 3 is 0.740 bits per heavy atom. The molecule has 3 unspecified atom stereocenters. The van der Waals surface area contributed by atoms with Crippen molar-refractivity contribution in [3.8, 4) is 0 Å². The summed E-state index contributed by atoms with van der Waals surface area (Å²) in [7, 11) is -9.91. The predicted molar refractivity (Wildman–Crippen MR) is 391 cm³/mol. The number of carbonyl (C=O) groups excluding carboxylic acids is 4. The summed E-state index contributed by atoms with van der Waals surface area (Å²) in [5, 5.41) is 10.6. The number of hydrogen-bond donors (Lipinski definition) is 3. The van der Waals surface area contributed by atoms with E-state index in [4.69, 9.17) is 37.0 Å². The van der Waals surface area contributed by atoms with Gasteiger partial charge in [0.25, 0.3) is 0 Å². The molecule has 0 amide bonds. The van der Waals surface area contributed by atoms with Gasteiger partial charge in [0.05, 0.1) is 26.4 Å². The van der Waals surface area contributed by atoms with Crippen molar-refractivity contribution in [1.82, 2.24) is 0 Å². The largest absolute Gasteiger partial charge is 0.472 e. The average molecular weight is 1410 g/mol. The highest BCUT2D eigenvalue weighted by atomic mass is 31.2. The highest BCUT2D eigenvalue weighted by Gasteiger charge is 2.30. The van der Waals surface area contributed by atoms with Crippen LogP contribution in [0.4, 0.5) is 0 Å². The van der Waals surface area contributed by atoms with Gasteiger partial charge in [-0.3, -0.25) is 37.3 Å². The Morgan fingerprint density at radius 2 is 0.500 bits per heavy atom. The third-order valence-electron chi connectivity index (χ3n) is 18.2. The highest BCUT2D eigenvalue weighted by molar-refractivity contribution is 7.47. The van der Waals surface area contributed by atoms with Gasteiger partial charge in [-0.15, -0.1) is 0 Å². The maximum atomic E-state index is 13.1. The van der Waals surface area contributed by atoms with Crippen molar-refractivity contribution in [1.29, 1.82) is 0 Å². The summed E-state index contributed by atoms with van der Waals surface area (Å²) in [6, 6.07) is 0. The average Bonchev–Trinajstić information content (AvgIpc) is 1.99. The van der Waals surface area contributed by atoms with Crippen LogP contribution >= 0.6 is 15.6 Å². The lowest BCUT2D eigenvalue weighted by atomic mass is 10.00. The maximum Gasteiger partial charge on any atom is 0.472 e. The fourth-order valence-corrected chi connectivity index (χ4v) is 13.3. The van der Waals surface area contributed by atoms with Crippen molar-refractivity contribution in [3.63, 3.8) is 0 Å². The number of unbranched alkanes of at least 4 members (excludes halogenated alkanes) is 39. The standard InChI is InChI=1S/C77H150O17P2/c1-9-70(8)56-48-40-34-36-42-50-58-75(80)88-64-72(93-76(81)59-51-43-32-28-24-19-15-13-11-10-12-14-17-21-25-29-37-45-53-67(2)3)65-91-95(83,84)89-61-71(78)62-90-96(85,86)92-66-73(94-77(82)60-52-44-35-33-39-47-55-69(6)7)63-87-74(79)57-49-41-31-27-23-20-16-18-22-26-30-38-46-54-68(4)5/h67-73,78H,9-66H2,1-8H3,(H,83,84)(H,85,86)/t70?,71-,72+,73+/m0/s1. The fourth-order valence-electron chi connectivity index (χ4n) is 11.7. The lowest BCUT2D eigenvalue weighted by Gasteiger charge is -2.21. The number of carbonyl (C=O) groups is 4. The molecule has 0 radical (unpaired) electrons. The topological polar surface area (TPSA) is 237 Å². The van der Waals surface area contributed by atoms with Crippen molar-refractivity contribution in [2.75, 3.05) is 39.6 Å². The molecule has 0 bridgehead atoms. The second kappa shape index (κ2) is 66.3. The summed E-state index contributed by atoms with van der Waals surface area (Å²) in [5.74, 6) is 0.886. The van der Waals surface area contributed by atoms with E-state index in [1.807, 2.05) is 0 Å². The Hall–Kier alpha value is -1.94. The molecule has 570 valence electrons. The van der Waals surface area contributed by atoms with Crippen LogP contribution in [0.1, 0.15) is 389 Å². The number of aliphatic hydroxyl groups excluding tert-OH is 1. The van der Waals surface area contributed by atoms with Crippen LogP contribution < -0.4 is 0 Å². The molecule has 0 spiro atoms. The second-order valence-electron chi connectivity index (χ2n) is 29.4. The Kier molecular flexibility index (Phi) is 65.0. The summed E-state index contributed by atoms with van der Waals surface area (Å²) in [4.78, 5) is 72.7. The predicted octanol–water partition coefficient (Wildman–Crippen LogP) is 22.4. The highest BCUT2D eigenvalue weighted by Crippen LogP contribution is 2.45. The van der Waals surface area contributed by atoms with Crippen LogP contribution in [-0.4, -0.2) is 96.7 Å². The quantitative estimate of drug-likeness (QED) is 0.0222. The van der Waals surface area contributed by atoms with E-state index < -0.39 is 97.5 Å². The van der Waals surface area contributed by atoms with Gasteiger partial charge in [-0.05, 0) is 49.4 Å². The zero-order valence-electron chi connectivity index (χ0n) is 63.0. The zero-order valence-corrected chi connectivity index (χ0v) is 64.8. The smallest absolute Gasteiger partial charge is 0.462 e. The Bertz CT molecular complexity index is 1890. The first-order chi connectivity index (χ1) is 46.1. The van der Waals surface area contributed by atoms with Gasteiger partial charge in [0.1, 0.15) is 19.3 Å². The number of ether oxygens (including phenoxy) is 4. The fraction of sp³-hybridized carbons (Fsp3) is 0.948. The molecule has 19 heteroatoms. The Balaban J connectivity index is 5.14. The monoisotopic (exact) mass is 1410 g/mol. The first-order valence-electron chi connectivity index (χ1n) is 39.7. The molecular formula is C77H150O17P2. The van der Waals surface area contributed by atoms with Crippen LogP contribution in [0, 0.1) is 23.7 Å². The zero-order chi connectivity index (χ0) is 71.0. The minimum absolute atomic E-state index is 0.102. The van der Waals surface area contributed by atoms with Crippen molar-refractivity contribution >= 4 is 39.5 Å². The van der Waals surface area contributed by atoms with Crippen LogP contribution in [0.5, 0.6) is 0 Å². The SMILES string of the molecule is CCC(C)CCCCCCCCC(=O)OC[C@H](COP(=O)(O)OC[C@H](O)COP(=O)(O)OC[C@@H](COC(=O)CCCCCCCCCCCCCCCC(C)C)OC(=O)CCCCCCCCC(C)C)OC(=O)CCCCCCCCCCCCCCCCCCCCC(C)C. The van der Waals surface area contributed by atoms with E-state index >= 15 is 0 Å². The van der Waals surface area contributed by atoms with Gasteiger partial charge in [0.2, 0.25) is 0 Å². The van der Waals surface area contributed by atoms with Gasteiger partial charge in [-0.2, -0.15) is 0 Å². The van der Waals surface area contributed by atoms with Crippen molar-refractivity contribution in [3.05, 3.63) is 0 Å². The summed E-state index contributed by atoms with van der Waals surface area (Å²) < 4.78 is 68.5. The third kappa shape index (κ3) is 69.2. The van der Waals surface area contributed by atoms with Crippen LogP contribution in [0.15, 0.2) is 0 Å². The Labute approximate surface area is 588 Å². The maximum absolute atomic E-state index is 13.1. The molecular weight excluding hydrogens is 1260 g/mol. The Morgan fingerprint density at radius 1 is 0.292 bits per heavy atom. The van der Waals surface area contributed by atoms with Gasteiger partial charge < -0.3 is 33.8 Å². The number of phosphoric ester groups is 2.